The number of ketones is 1. The second-order valence-corrected chi connectivity index (χ2v) is 14.3. The van der Waals surface area contributed by atoms with Crippen molar-refractivity contribution in [2.75, 3.05) is 6.54 Å². The van der Waals surface area contributed by atoms with Crippen LogP contribution in [0.5, 0.6) is 0 Å². The molecule has 1 fully saturated rings. The van der Waals surface area contributed by atoms with Gasteiger partial charge in [-0.3, -0.25) is 9.69 Å². The lowest BCUT2D eigenvalue weighted by Crippen LogP contribution is -2.65. The highest BCUT2D eigenvalue weighted by Gasteiger charge is 2.50. The molecule has 2 aromatic rings. The maximum Gasteiger partial charge on any atom is 0.410 e. The van der Waals surface area contributed by atoms with Crippen molar-refractivity contribution in [1.82, 2.24) is 4.90 Å². The molecule has 1 saturated heterocycles. The topological polar surface area (TPSA) is 66.8 Å². The van der Waals surface area contributed by atoms with Crippen molar-refractivity contribution in [3.05, 3.63) is 60.7 Å². The normalized spacial score (nSPS) is 17.5. The molecule has 6 heteroatoms. The Kier molecular flexibility index (Phi) is 6.96. The molecule has 172 valence electrons. The Hall–Kier alpha value is -2.44. The zero-order chi connectivity index (χ0) is 23.6. The third kappa shape index (κ3) is 5.13. The van der Waals surface area contributed by atoms with Crippen LogP contribution >= 0.6 is 0 Å². The molecule has 0 saturated carbocycles. The lowest BCUT2D eigenvalue weighted by Gasteiger charge is -2.42. The van der Waals surface area contributed by atoms with Gasteiger partial charge in [0.05, 0.1) is 6.54 Å². The number of carbonyl (C=O) groups excluding carboxylic acids is 2. The summed E-state index contributed by atoms with van der Waals surface area (Å²) >= 11 is 0. The van der Waals surface area contributed by atoms with Crippen LogP contribution in [0.2, 0.25) is 5.04 Å². The number of carbonyl (C=O) groups is 2. The zero-order valence-electron chi connectivity index (χ0n) is 19.8. The van der Waals surface area contributed by atoms with E-state index in [9.17, 15) is 14.4 Å². The van der Waals surface area contributed by atoms with Crippen LogP contribution in [0.15, 0.2) is 60.7 Å². The number of Topliss-reactive ketones (excluding diaryl/α,β-unsaturated/α-hetero) is 1. The molecule has 1 aliphatic heterocycles. The number of likely N-dealkylation sites (tertiary alicyclic amines) is 1. The van der Waals surface area contributed by atoms with E-state index in [-0.39, 0.29) is 18.4 Å². The molecule has 1 N–H and O–H groups in total. The maximum atomic E-state index is 12.7. The van der Waals surface area contributed by atoms with Crippen molar-refractivity contribution in [2.45, 2.75) is 70.6 Å². The summed E-state index contributed by atoms with van der Waals surface area (Å²) in [4.78, 5) is 38.8. The molecule has 32 heavy (non-hydrogen) atoms. The van der Waals surface area contributed by atoms with E-state index >= 15 is 0 Å². The van der Waals surface area contributed by atoms with Crippen LogP contribution in [0, 0.1) is 0 Å². The summed E-state index contributed by atoms with van der Waals surface area (Å²) in [7, 11) is -3.13. The summed E-state index contributed by atoms with van der Waals surface area (Å²) in [6.45, 7) is 9.78. The van der Waals surface area contributed by atoms with Crippen LogP contribution < -0.4 is 10.4 Å². The van der Waals surface area contributed by atoms with Crippen molar-refractivity contribution < 1.29 is 19.1 Å². The molecule has 1 amide bonds. The Bertz CT molecular complexity index is 898. The van der Waals surface area contributed by atoms with E-state index in [1.807, 2.05) is 81.4 Å². The maximum absolute atomic E-state index is 12.7. The Labute approximate surface area is 192 Å². The van der Waals surface area contributed by atoms with Crippen molar-refractivity contribution in [3.63, 3.8) is 0 Å². The van der Waals surface area contributed by atoms with Gasteiger partial charge in [0.25, 0.3) is 8.32 Å². The first-order valence-electron chi connectivity index (χ1n) is 11.3. The minimum atomic E-state index is -3.13. The molecule has 0 unspecified atom stereocenters. The first kappa shape index (κ1) is 24.2. The van der Waals surface area contributed by atoms with Gasteiger partial charge in [-0.2, -0.15) is 0 Å². The Morgan fingerprint density at radius 3 is 1.97 bits per heavy atom. The molecular formula is C26H35NO4Si. The van der Waals surface area contributed by atoms with Crippen LogP contribution in [0.3, 0.4) is 0 Å². The smallest absolute Gasteiger partial charge is 0.410 e. The van der Waals surface area contributed by atoms with E-state index in [1.165, 1.54) is 0 Å². The van der Waals surface area contributed by atoms with Gasteiger partial charge in [-0.25, -0.2) is 4.79 Å². The molecule has 0 bridgehead atoms. The van der Waals surface area contributed by atoms with Crippen LogP contribution in [0.1, 0.15) is 53.9 Å². The molecule has 0 aliphatic carbocycles. The molecule has 0 radical (unpaired) electrons. The van der Waals surface area contributed by atoms with Crippen molar-refractivity contribution >= 4 is 30.6 Å². The fraction of sp³-hybridized carbons (Fsp3) is 0.462. The number of ether oxygens (including phenoxy) is 1. The highest BCUT2D eigenvalue weighted by molar-refractivity contribution is 6.98. The highest BCUT2D eigenvalue weighted by Crippen LogP contribution is 2.41. The quantitative estimate of drug-likeness (QED) is 0.674. The monoisotopic (exact) mass is 453 g/mol. The number of amides is 1. The summed E-state index contributed by atoms with van der Waals surface area (Å²) in [5.41, 5.74) is -0.611. The molecule has 1 aliphatic rings. The average Bonchev–Trinajstić information content (AvgIpc) is 3.12. The molecule has 1 atom stereocenters. The molecule has 0 aromatic heterocycles. The van der Waals surface area contributed by atoms with Crippen molar-refractivity contribution in [3.8, 4) is 0 Å². The third-order valence-electron chi connectivity index (χ3n) is 6.34. The highest BCUT2D eigenvalue weighted by atomic mass is 28.4. The SMILES string of the molecule is CC(C)(C)OC(=O)N1CC(=O)C[C@H]1CCC(C)(C)[Si](O)(c1ccccc1)c1ccccc1. The second-order valence-electron chi connectivity index (χ2n) is 10.4. The van der Waals surface area contributed by atoms with Gasteiger partial charge in [-0.05, 0) is 49.0 Å². The summed E-state index contributed by atoms with van der Waals surface area (Å²) in [6.07, 6.45) is 1.21. The molecule has 1 heterocycles. The molecule has 3 rings (SSSR count). The standard InChI is InChI=1S/C26H35NO4Si/c1-25(2,3)31-24(29)27-19-21(28)18-20(27)16-17-26(4,5)32(30,22-12-8-6-9-13-22)23-14-10-7-11-15-23/h6-15,20,30H,16-19H2,1-5H3/t20-/m1/s1. The van der Waals surface area contributed by atoms with Gasteiger partial charge in [0, 0.05) is 12.5 Å². The minimum Gasteiger partial charge on any atom is -0.444 e. The third-order valence-corrected chi connectivity index (χ3v) is 10.9. The molecule has 0 spiro atoms. The first-order chi connectivity index (χ1) is 14.9. The van der Waals surface area contributed by atoms with Gasteiger partial charge in [-0.15, -0.1) is 0 Å². The van der Waals surface area contributed by atoms with Crippen LogP contribution in [0.25, 0.3) is 0 Å². The predicted octanol–water partition coefficient (Wildman–Crippen LogP) is 3.88. The van der Waals surface area contributed by atoms with E-state index < -0.39 is 25.0 Å². The largest absolute Gasteiger partial charge is 0.444 e. The fourth-order valence-corrected chi connectivity index (χ4v) is 8.32. The lowest BCUT2D eigenvalue weighted by molar-refractivity contribution is -0.117. The van der Waals surface area contributed by atoms with Gasteiger partial charge in [0.1, 0.15) is 5.60 Å². The predicted molar refractivity (Wildman–Crippen MR) is 130 cm³/mol. The average molecular weight is 454 g/mol. The van der Waals surface area contributed by atoms with Crippen LogP contribution in [-0.2, 0) is 9.53 Å². The number of benzene rings is 2. The summed E-state index contributed by atoms with van der Waals surface area (Å²) in [5.74, 6) is 0.0530. The summed E-state index contributed by atoms with van der Waals surface area (Å²) in [6, 6.07) is 19.6. The second kappa shape index (κ2) is 9.20. The van der Waals surface area contributed by atoms with E-state index in [0.717, 1.165) is 10.4 Å². The number of rotatable bonds is 6. The Morgan fingerprint density at radius 1 is 1.00 bits per heavy atom. The number of nitrogens with zero attached hydrogens (tertiary/aromatic N) is 1. The first-order valence-corrected chi connectivity index (χ1v) is 13.2. The number of hydrogen-bond acceptors (Lipinski definition) is 4. The van der Waals surface area contributed by atoms with E-state index in [0.29, 0.717) is 19.3 Å². The lowest BCUT2D eigenvalue weighted by atomic mass is 10.0. The van der Waals surface area contributed by atoms with Crippen LogP contribution in [-0.4, -0.2) is 48.1 Å². The fourth-order valence-electron chi connectivity index (χ4n) is 4.56. The molecular weight excluding hydrogens is 418 g/mol. The Balaban J connectivity index is 1.85. The van der Waals surface area contributed by atoms with E-state index in [4.69, 9.17) is 4.74 Å². The van der Waals surface area contributed by atoms with Gasteiger partial charge in [0.2, 0.25) is 0 Å². The van der Waals surface area contributed by atoms with Crippen molar-refractivity contribution in [2.24, 2.45) is 0 Å². The van der Waals surface area contributed by atoms with Crippen LogP contribution in [0.4, 0.5) is 4.79 Å². The minimum absolute atomic E-state index is 0.0530. The van der Waals surface area contributed by atoms with Gasteiger partial charge < -0.3 is 9.53 Å². The van der Waals surface area contributed by atoms with Gasteiger partial charge in [0.15, 0.2) is 5.78 Å². The zero-order valence-corrected chi connectivity index (χ0v) is 20.8. The molecule has 5 nitrogen and oxygen atoms in total. The summed E-state index contributed by atoms with van der Waals surface area (Å²) < 4.78 is 5.53. The number of hydrogen-bond donors (Lipinski definition) is 1. The van der Waals surface area contributed by atoms with Gasteiger partial charge in [-0.1, -0.05) is 74.5 Å². The van der Waals surface area contributed by atoms with Crippen molar-refractivity contribution in [1.29, 1.82) is 0 Å². The summed E-state index contributed by atoms with van der Waals surface area (Å²) in [5, 5.41) is 1.49. The molecule has 2 aromatic carbocycles. The van der Waals surface area contributed by atoms with E-state index in [1.54, 1.807) is 4.90 Å². The van der Waals surface area contributed by atoms with Gasteiger partial charge >= 0.3 is 6.09 Å². The van der Waals surface area contributed by atoms with E-state index in [2.05, 4.69) is 13.8 Å². The Morgan fingerprint density at radius 2 is 1.50 bits per heavy atom.